The maximum Gasteiger partial charge on any atom is 0.156 e. The second kappa shape index (κ2) is 8.49. The van der Waals surface area contributed by atoms with Crippen LogP contribution in [0.1, 0.15) is 42.4 Å². The van der Waals surface area contributed by atoms with E-state index in [4.69, 9.17) is 0 Å². The number of allylic oxidation sites excluding steroid dienone is 2. The van der Waals surface area contributed by atoms with E-state index in [0.717, 1.165) is 27.8 Å². The molecular weight excluding hydrogens is 380 g/mol. The fraction of sp³-hybridized carbons (Fsp3) is 0.185. The molecule has 5 rings (SSSR count). The minimum atomic E-state index is 0.547. The van der Waals surface area contributed by atoms with Gasteiger partial charge in [-0.15, -0.1) is 0 Å². The summed E-state index contributed by atoms with van der Waals surface area (Å²) in [5.41, 5.74) is 7.75. The predicted molar refractivity (Wildman–Crippen MR) is 126 cm³/mol. The lowest BCUT2D eigenvalue weighted by Gasteiger charge is -2.14. The monoisotopic (exact) mass is 404 g/mol. The Hall–Kier alpha value is -3.84. The number of aromatic amines is 1. The molecule has 0 bridgehead atoms. The molecule has 31 heavy (non-hydrogen) atoms. The molecule has 0 unspecified atom stereocenters. The van der Waals surface area contributed by atoms with Crippen molar-refractivity contribution in [1.29, 1.82) is 5.26 Å². The normalized spacial score (nSPS) is 13.6. The number of nitrogens with one attached hydrogen (secondary N) is 2. The van der Waals surface area contributed by atoms with E-state index in [0.29, 0.717) is 12.1 Å². The molecule has 152 valence electrons. The molecule has 2 N–H and O–H groups in total. The third kappa shape index (κ3) is 3.83. The molecule has 1 aromatic heterocycles. The first kappa shape index (κ1) is 19.1. The Bertz CT molecular complexity index is 1290. The third-order valence-corrected chi connectivity index (χ3v) is 6.03. The minimum absolute atomic E-state index is 0.547. The fourth-order valence-corrected chi connectivity index (χ4v) is 4.37. The molecule has 0 atom stereocenters. The van der Waals surface area contributed by atoms with E-state index < -0.39 is 0 Å². The lowest BCUT2D eigenvalue weighted by Crippen LogP contribution is -2.02. The van der Waals surface area contributed by atoms with Crippen LogP contribution in [0.2, 0.25) is 0 Å². The number of aromatic nitrogens is 2. The number of anilines is 1. The Balaban J connectivity index is 1.47. The van der Waals surface area contributed by atoms with Crippen molar-refractivity contribution in [3.63, 3.8) is 0 Å². The molecule has 1 aliphatic rings. The van der Waals surface area contributed by atoms with Crippen molar-refractivity contribution in [2.75, 3.05) is 5.32 Å². The molecule has 1 aliphatic carbocycles. The summed E-state index contributed by atoms with van der Waals surface area (Å²) in [6.07, 6.45) is 7.34. The number of nitriles is 1. The van der Waals surface area contributed by atoms with E-state index in [1.54, 1.807) is 0 Å². The largest absolute Gasteiger partial charge is 0.364 e. The van der Waals surface area contributed by atoms with Crippen molar-refractivity contribution in [3.8, 4) is 17.2 Å². The predicted octanol–water partition coefficient (Wildman–Crippen LogP) is 6.67. The molecule has 0 spiro atoms. The van der Waals surface area contributed by atoms with Crippen LogP contribution in [0.5, 0.6) is 0 Å². The van der Waals surface area contributed by atoms with Gasteiger partial charge in [-0.1, -0.05) is 60.7 Å². The zero-order valence-electron chi connectivity index (χ0n) is 17.4. The number of fused-ring (bicyclic) bond motifs is 1. The van der Waals surface area contributed by atoms with Crippen molar-refractivity contribution in [3.05, 3.63) is 89.5 Å². The van der Waals surface area contributed by atoms with Gasteiger partial charge in [0.05, 0.1) is 22.5 Å². The van der Waals surface area contributed by atoms with Crippen molar-refractivity contribution >= 4 is 22.3 Å². The fourth-order valence-electron chi connectivity index (χ4n) is 4.37. The van der Waals surface area contributed by atoms with Gasteiger partial charge in [-0.3, -0.25) is 5.10 Å². The lowest BCUT2D eigenvalue weighted by molar-refractivity contribution is 0.742. The standard InChI is InChI=1S/C27H24N4/c28-17-22-9-4-5-10-23(22)18-29-27-26-24(11-6-12-25(26)30-31-27)21-15-13-20(14-16-21)19-7-2-1-3-8-19/h4-7,9-16H,1-3,8,18H2,(H2,29,30,31). The number of H-pyrrole nitrogens is 1. The highest BCUT2D eigenvalue weighted by molar-refractivity contribution is 6.02. The summed E-state index contributed by atoms with van der Waals surface area (Å²) >= 11 is 0. The van der Waals surface area contributed by atoms with Crippen molar-refractivity contribution in [1.82, 2.24) is 10.2 Å². The quantitative estimate of drug-likeness (QED) is 0.390. The van der Waals surface area contributed by atoms with Gasteiger partial charge in [-0.25, -0.2) is 0 Å². The van der Waals surface area contributed by atoms with Crippen LogP contribution in [0.15, 0.2) is 72.8 Å². The maximum absolute atomic E-state index is 9.35. The van der Waals surface area contributed by atoms with Crippen molar-refractivity contribution < 1.29 is 0 Å². The summed E-state index contributed by atoms with van der Waals surface area (Å²) < 4.78 is 0. The van der Waals surface area contributed by atoms with Crippen LogP contribution in [0.25, 0.3) is 27.6 Å². The van der Waals surface area contributed by atoms with Crippen LogP contribution in [0.4, 0.5) is 5.82 Å². The van der Waals surface area contributed by atoms with Gasteiger partial charge < -0.3 is 5.32 Å². The second-order valence-corrected chi connectivity index (χ2v) is 7.98. The number of hydrogen-bond donors (Lipinski definition) is 2. The van der Waals surface area contributed by atoms with Gasteiger partial charge in [-0.2, -0.15) is 10.4 Å². The van der Waals surface area contributed by atoms with Crippen LogP contribution in [0, 0.1) is 11.3 Å². The second-order valence-electron chi connectivity index (χ2n) is 7.98. The van der Waals surface area contributed by atoms with Gasteiger partial charge in [0.15, 0.2) is 5.82 Å². The first-order valence-corrected chi connectivity index (χ1v) is 10.8. The Morgan fingerprint density at radius 3 is 2.58 bits per heavy atom. The SMILES string of the molecule is N#Cc1ccccc1CNc1n[nH]c2cccc(-c3ccc(C4=CCCCC4)cc3)c12. The van der Waals surface area contributed by atoms with Crippen molar-refractivity contribution in [2.24, 2.45) is 0 Å². The topological polar surface area (TPSA) is 64.5 Å². The van der Waals surface area contributed by atoms with E-state index in [9.17, 15) is 5.26 Å². The molecule has 0 saturated heterocycles. The molecule has 4 heteroatoms. The van der Waals surface area contributed by atoms with Crippen LogP contribution in [0.3, 0.4) is 0 Å². The summed E-state index contributed by atoms with van der Waals surface area (Å²) in [6.45, 7) is 0.547. The summed E-state index contributed by atoms with van der Waals surface area (Å²) in [4.78, 5) is 0. The molecule has 0 aliphatic heterocycles. The Morgan fingerprint density at radius 2 is 1.77 bits per heavy atom. The first-order chi connectivity index (χ1) is 15.3. The van der Waals surface area contributed by atoms with E-state index in [1.165, 1.54) is 42.4 Å². The van der Waals surface area contributed by atoms with Crippen LogP contribution in [-0.2, 0) is 6.54 Å². The molecule has 3 aromatic carbocycles. The molecule has 0 saturated carbocycles. The van der Waals surface area contributed by atoms with Gasteiger partial charge in [0.1, 0.15) is 0 Å². The molecule has 1 heterocycles. The summed E-state index contributed by atoms with van der Waals surface area (Å²) in [5.74, 6) is 0.803. The molecule has 4 aromatic rings. The average molecular weight is 405 g/mol. The maximum atomic E-state index is 9.35. The van der Waals surface area contributed by atoms with Gasteiger partial charge in [-0.05, 0) is 65.6 Å². The molecule has 0 amide bonds. The summed E-state index contributed by atoms with van der Waals surface area (Å²) in [6, 6.07) is 25.0. The summed E-state index contributed by atoms with van der Waals surface area (Å²) in [5, 5.41) is 21.5. The Kier molecular flexibility index (Phi) is 5.24. The number of nitrogens with zero attached hydrogens (tertiary/aromatic N) is 2. The minimum Gasteiger partial charge on any atom is -0.364 e. The van der Waals surface area contributed by atoms with Crippen LogP contribution in [-0.4, -0.2) is 10.2 Å². The van der Waals surface area contributed by atoms with Gasteiger partial charge >= 0.3 is 0 Å². The van der Waals surface area contributed by atoms with Crippen LogP contribution >= 0.6 is 0 Å². The molecule has 0 radical (unpaired) electrons. The van der Waals surface area contributed by atoms with Crippen molar-refractivity contribution in [2.45, 2.75) is 32.2 Å². The summed E-state index contributed by atoms with van der Waals surface area (Å²) in [7, 11) is 0. The van der Waals surface area contributed by atoms with E-state index in [2.05, 4.69) is 64.1 Å². The number of benzene rings is 3. The zero-order chi connectivity index (χ0) is 21.0. The van der Waals surface area contributed by atoms with Gasteiger partial charge in [0.2, 0.25) is 0 Å². The highest BCUT2D eigenvalue weighted by Gasteiger charge is 2.13. The molecule has 4 nitrogen and oxygen atoms in total. The van der Waals surface area contributed by atoms with E-state index in [1.807, 2.05) is 30.3 Å². The Labute approximate surface area is 182 Å². The average Bonchev–Trinajstić information content (AvgIpc) is 3.27. The number of hydrogen-bond acceptors (Lipinski definition) is 3. The molecule has 0 fully saturated rings. The molecular formula is C27H24N4. The Morgan fingerprint density at radius 1 is 0.935 bits per heavy atom. The van der Waals surface area contributed by atoms with E-state index in [-0.39, 0.29) is 0 Å². The van der Waals surface area contributed by atoms with E-state index >= 15 is 0 Å². The lowest BCUT2D eigenvalue weighted by atomic mass is 9.92. The highest BCUT2D eigenvalue weighted by atomic mass is 15.2. The van der Waals surface area contributed by atoms with Gasteiger partial charge in [0.25, 0.3) is 0 Å². The highest BCUT2D eigenvalue weighted by Crippen LogP contribution is 2.34. The zero-order valence-corrected chi connectivity index (χ0v) is 17.4. The first-order valence-electron chi connectivity index (χ1n) is 10.8. The third-order valence-electron chi connectivity index (χ3n) is 6.03. The smallest absolute Gasteiger partial charge is 0.156 e. The van der Waals surface area contributed by atoms with Gasteiger partial charge in [0, 0.05) is 6.54 Å². The number of rotatable bonds is 5. The van der Waals surface area contributed by atoms with Crippen LogP contribution < -0.4 is 5.32 Å².